The molecule has 0 aliphatic rings. The van der Waals surface area contributed by atoms with Crippen LogP contribution in [0.1, 0.15) is 48.9 Å². The highest BCUT2D eigenvalue weighted by molar-refractivity contribution is 5.95. The van der Waals surface area contributed by atoms with E-state index in [-0.39, 0.29) is 12.5 Å². The lowest BCUT2D eigenvalue weighted by molar-refractivity contribution is 0.0898. The Kier molecular flexibility index (Phi) is 5.89. The summed E-state index contributed by atoms with van der Waals surface area (Å²) >= 11 is 0. The van der Waals surface area contributed by atoms with E-state index in [9.17, 15) is 9.90 Å². The van der Waals surface area contributed by atoms with Crippen LogP contribution in [0.2, 0.25) is 0 Å². The van der Waals surface area contributed by atoms with E-state index in [2.05, 4.69) is 15.5 Å². The normalized spacial score (nSPS) is 12.5. The first-order valence-electron chi connectivity index (χ1n) is 6.73. The maximum Gasteiger partial charge on any atom is 0.253 e. The highest BCUT2D eigenvalue weighted by Gasteiger charge is 2.14. The molecule has 0 bridgehead atoms. The zero-order chi connectivity index (χ0) is 14.4. The Labute approximate surface area is 114 Å². The number of nitrogens with one attached hydrogen (secondary N) is 1. The zero-order valence-corrected chi connectivity index (χ0v) is 12.1. The van der Waals surface area contributed by atoms with Crippen LogP contribution in [0.25, 0.3) is 0 Å². The molecule has 0 aliphatic carbocycles. The van der Waals surface area contributed by atoms with E-state index < -0.39 is 6.10 Å². The SMILES string of the molecule is CCc1nnc(C)cc1C(=O)NCC(O)CC(C)C. The summed E-state index contributed by atoms with van der Waals surface area (Å²) in [5.74, 6) is 0.209. The van der Waals surface area contributed by atoms with Crippen molar-refractivity contribution in [3.63, 3.8) is 0 Å². The van der Waals surface area contributed by atoms with Crippen LogP contribution >= 0.6 is 0 Å². The highest BCUT2D eigenvalue weighted by Crippen LogP contribution is 2.08. The van der Waals surface area contributed by atoms with Crippen LogP contribution in [-0.2, 0) is 6.42 Å². The molecule has 106 valence electrons. The average Bonchev–Trinajstić information content (AvgIpc) is 2.35. The van der Waals surface area contributed by atoms with Crippen molar-refractivity contribution in [2.24, 2.45) is 5.92 Å². The molecule has 1 heterocycles. The number of carbonyl (C=O) groups is 1. The van der Waals surface area contributed by atoms with E-state index in [1.165, 1.54) is 0 Å². The first-order valence-corrected chi connectivity index (χ1v) is 6.73. The van der Waals surface area contributed by atoms with Gasteiger partial charge in [0.05, 0.1) is 23.1 Å². The quantitative estimate of drug-likeness (QED) is 0.817. The topological polar surface area (TPSA) is 75.1 Å². The summed E-state index contributed by atoms with van der Waals surface area (Å²) < 4.78 is 0. The fraction of sp³-hybridized carbons (Fsp3) is 0.643. The number of carbonyl (C=O) groups excluding carboxylic acids is 1. The highest BCUT2D eigenvalue weighted by atomic mass is 16.3. The average molecular weight is 265 g/mol. The molecule has 0 spiro atoms. The van der Waals surface area contributed by atoms with Gasteiger partial charge in [-0.05, 0) is 31.7 Å². The van der Waals surface area contributed by atoms with Crippen LogP contribution in [0, 0.1) is 12.8 Å². The lowest BCUT2D eigenvalue weighted by Gasteiger charge is -2.14. The second-order valence-corrected chi connectivity index (χ2v) is 5.19. The zero-order valence-electron chi connectivity index (χ0n) is 12.1. The van der Waals surface area contributed by atoms with E-state index in [0.29, 0.717) is 35.7 Å². The molecule has 0 aliphatic heterocycles. The van der Waals surface area contributed by atoms with Crippen LogP contribution < -0.4 is 5.32 Å². The fourth-order valence-electron chi connectivity index (χ4n) is 1.91. The first-order chi connectivity index (χ1) is 8.93. The third kappa shape index (κ3) is 4.95. The fourth-order valence-corrected chi connectivity index (χ4v) is 1.91. The maximum atomic E-state index is 12.1. The molecule has 0 saturated heterocycles. The van der Waals surface area contributed by atoms with Gasteiger partial charge in [-0.25, -0.2) is 0 Å². The third-order valence-corrected chi connectivity index (χ3v) is 2.81. The molecule has 0 aromatic carbocycles. The van der Waals surface area contributed by atoms with Crippen molar-refractivity contribution in [3.8, 4) is 0 Å². The molecule has 1 aromatic heterocycles. The van der Waals surface area contributed by atoms with Crippen molar-refractivity contribution >= 4 is 5.91 Å². The monoisotopic (exact) mass is 265 g/mol. The van der Waals surface area contributed by atoms with Gasteiger partial charge in [0, 0.05) is 6.54 Å². The van der Waals surface area contributed by atoms with Crippen LogP contribution in [0.5, 0.6) is 0 Å². The summed E-state index contributed by atoms with van der Waals surface area (Å²) in [7, 11) is 0. The van der Waals surface area contributed by atoms with Crippen LogP contribution in [0.4, 0.5) is 0 Å². The maximum absolute atomic E-state index is 12.1. The predicted octanol–water partition coefficient (Wildman–Crippen LogP) is 1.48. The molecule has 0 fully saturated rings. The van der Waals surface area contributed by atoms with Gasteiger partial charge in [0.1, 0.15) is 0 Å². The number of rotatable bonds is 6. The summed E-state index contributed by atoms with van der Waals surface area (Å²) in [5.41, 5.74) is 1.94. The van der Waals surface area contributed by atoms with Gasteiger partial charge in [0.2, 0.25) is 0 Å². The number of amides is 1. The molecule has 1 rings (SSSR count). The number of aliphatic hydroxyl groups excluding tert-OH is 1. The van der Waals surface area contributed by atoms with Crippen molar-refractivity contribution in [1.82, 2.24) is 15.5 Å². The van der Waals surface area contributed by atoms with Crippen molar-refractivity contribution in [2.75, 3.05) is 6.54 Å². The molecule has 5 nitrogen and oxygen atoms in total. The van der Waals surface area contributed by atoms with E-state index in [4.69, 9.17) is 0 Å². The minimum Gasteiger partial charge on any atom is -0.391 e. The number of aryl methyl sites for hydroxylation is 2. The van der Waals surface area contributed by atoms with Gasteiger partial charge in [-0.2, -0.15) is 10.2 Å². The van der Waals surface area contributed by atoms with Crippen molar-refractivity contribution in [2.45, 2.75) is 46.6 Å². The Hall–Kier alpha value is -1.49. The Balaban J connectivity index is 2.65. The van der Waals surface area contributed by atoms with Gasteiger partial charge in [-0.1, -0.05) is 20.8 Å². The molecule has 1 amide bonds. The van der Waals surface area contributed by atoms with Gasteiger partial charge in [0.25, 0.3) is 5.91 Å². The van der Waals surface area contributed by atoms with Gasteiger partial charge in [0.15, 0.2) is 0 Å². The lowest BCUT2D eigenvalue weighted by atomic mass is 10.1. The molecular formula is C14H23N3O2. The number of aliphatic hydroxyl groups is 1. The van der Waals surface area contributed by atoms with Gasteiger partial charge in [-0.3, -0.25) is 4.79 Å². The molecule has 1 aromatic rings. The summed E-state index contributed by atoms with van der Waals surface area (Å²) in [5, 5.41) is 20.5. The van der Waals surface area contributed by atoms with Gasteiger partial charge in [-0.15, -0.1) is 0 Å². The second-order valence-electron chi connectivity index (χ2n) is 5.19. The Morgan fingerprint density at radius 3 is 2.68 bits per heavy atom. The summed E-state index contributed by atoms with van der Waals surface area (Å²) in [4.78, 5) is 12.1. The molecule has 0 saturated carbocycles. The van der Waals surface area contributed by atoms with Gasteiger partial charge < -0.3 is 10.4 Å². The smallest absolute Gasteiger partial charge is 0.253 e. The summed E-state index contributed by atoms with van der Waals surface area (Å²) in [6, 6.07) is 1.73. The van der Waals surface area contributed by atoms with E-state index in [0.717, 1.165) is 0 Å². The van der Waals surface area contributed by atoms with Crippen LogP contribution in [-0.4, -0.2) is 33.9 Å². The number of aromatic nitrogens is 2. The van der Waals surface area contributed by atoms with Crippen LogP contribution in [0.15, 0.2) is 6.07 Å². The third-order valence-electron chi connectivity index (χ3n) is 2.81. The standard InChI is InChI=1S/C14H23N3O2/c1-5-13-12(7-10(4)16-17-13)14(19)15-8-11(18)6-9(2)3/h7,9,11,18H,5-6,8H2,1-4H3,(H,15,19). The molecule has 2 N–H and O–H groups in total. The summed E-state index contributed by atoms with van der Waals surface area (Å²) in [6.07, 6.45) is 0.823. The summed E-state index contributed by atoms with van der Waals surface area (Å²) in [6.45, 7) is 8.08. The molecule has 0 radical (unpaired) electrons. The van der Waals surface area contributed by atoms with E-state index >= 15 is 0 Å². The number of nitrogens with zero attached hydrogens (tertiary/aromatic N) is 2. The molecule has 1 unspecified atom stereocenters. The largest absolute Gasteiger partial charge is 0.391 e. The minimum absolute atomic E-state index is 0.197. The van der Waals surface area contributed by atoms with E-state index in [1.807, 2.05) is 20.8 Å². The lowest BCUT2D eigenvalue weighted by Crippen LogP contribution is -2.33. The first kappa shape index (κ1) is 15.6. The predicted molar refractivity (Wildman–Crippen MR) is 73.9 cm³/mol. The molecule has 1 atom stereocenters. The van der Waals surface area contributed by atoms with E-state index in [1.54, 1.807) is 13.0 Å². The van der Waals surface area contributed by atoms with Crippen molar-refractivity contribution < 1.29 is 9.90 Å². The minimum atomic E-state index is -0.509. The molecular weight excluding hydrogens is 242 g/mol. The Bertz CT molecular complexity index is 433. The second kappa shape index (κ2) is 7.19. The Morgan fingerprint density at radius 2 is 2.11 bits per heavy atom. The van der Waals surface area contributed by atoms with Crippen LogP contribution in [0.3, 0.4) is 0 Å². The molecule has 5 heteroatoms. The Morgan fingerprint density at radius 1 is 1.42 bits per heavy atom. The number of hydrogen-bond acceptors (Lipinski definition) is 4. The number of hydrogen-bond donors (Lipinski definition) is 2. The molecule has 19 heavy (non-hydrogen) atoms. The van der Waals surface area contributed by atoms with Crippen molar-refractivity contribution in [1.29, 1.82) is 0 Å². The van der Waals surface area contributed by atoms with Gasteiger partial charge >= 0.3 is 0 Å². The van der Waals surface area contributed by atoms with Crippen molar-refractivity contribution in [3.05, 3.63) is 23.0 Å².